The van der Waals surface area contributed by atoms with Gasteiger partial charge in [0.25, 0.3) is 0 Å². The molecule has 1 heterocycles. The average molecular weight is 532 g/mol. The summed E-state index contributed by atoms with van der Waals surface area (Å²) in [7, 11) is 3.91. The zero-order chi connectivity index (χ0) is 21.6. The summed E-state index contributed by atoms with van der Waals surface area (Å²) in [5, 5.41) is 17.4. The lowest BCUT2D eigenvalue weighted by Gasteiger charge is -2.26. The van der Waals surface area contributed by atoms with Crippen molar-refractivity contribution in [3.05, 3.63) is 58.8 Å². The first kappa shape index (κ1) is 26.4. The molecule has 0 amide bonds. The monoisotopic (exact) mass is 532 g/mol. The van der Waals surface area contributed by atoms with Crippen LogP contribution < -0.4 is 10.6 Å². The number of hydrogen-bond acceptors (Lipinski definition) is 4. The molecule has 0 fully saturated rings. The van der Waals surface area contributed by atoms with Crippen molar-refractivity contribution >= 4 is 29.9 Å². The molecule has 1 aromatic heterocycles. The van der Waals surface area contributed by atoms with Crippen molar-refractivity contribution in [1.82, 2.24) is 15.5 Å². The van der Waals surface area contributed by atoms with E-state index in [2.05, 4.69) is 15.6 Å². The summed E-state index contributed by atoms with van der Waals surface area (Å²) in [6.07, 6.45) is 0. The van der Waals surface area contributed by atoms with Crippen LogP contribution in [0.15, 0.2) is 39.7 Å². The summed E-state index contributed by atoms with van der Waals surface area (Å²) >= 11 is 0. The van der Waals surface area contributed by atoms with E-state index in [1.54, 1.807) is 19.1 Å². The Morgan fingerprint density at radius 3 is 2.50 bits per heavy atom. The highest BCUT2D eigenvalue weighted by Gasteiger charge is 2.27. The first-order chi connectivity index (χ1) is 13.6. The first-order valence-electron chi connectivity index (χ1n) is 9.88. The smallest absolute Gasteiger partial charge is 0.191 e. The third kappa shape index (κ3) is 7.24. The van der Waals surface area contributed by atoms with E-state index in [0.29, 0.717) is 24.8 Å². The highest BCUT2D eigenvalue weighted by atomic mass is 127. The van der Waals surface area contributed by atoms with Crippen LogP contribution >= 0.6 is 24.0 Å². The number of likely N-dealkylation sites (N-methyl/N-ethyl adjacent to an activating group) is 1. The maximum Gasteiger partial charge on any atom is 0.191 e. The number of aliphatic hydroxyl groups is 1. The second-order valence-electron chi connectivity index (χ2n) is 7.71. The van der Waals surface area contributed by atoms with Crippen LogP contribution in [0.5, 0.6) is 0 Å². The number of benzene rings is 1. The van der Waals surface area contributed by atoms with Crippen molar-refractivity contribution < 1.29 is 13.9 Å². The minimum atomic E-state index is -1.15. The van der Waals surface area contributed by atoms with Gasteiger partial charge < -0.3 is 25.1 Å². The van der Waals surface area contributed by atoms with Crippen molar-refractivity contribution in [2.75, 3.05) is 33.7 Å². The number of guanidine groups is 1. The molecule has 0 saturated heterocycles. The molecule has 30 heavy (non-hydrogen) atoms. The summed E-state index contributed by atoms with van der Waals surface area (Å²) < 4.78 is 19.2. The predicted octanol–water partition coefficient (Wildman–Crippen LogP) is 3.72. The van der Waals surface area contributed by atoms with Gasteiger partial charge in [-0.25, -0.2) is 9.38 Å². The van der Waals surface area contributed by atoms with E-state index < -0.39 is 5.60 Å². The van der Waals surface area contributed by atoms with Crippen LogP contribution in [0.3, 0.4) is 0 Å². The molecule has 168 valence electrons. The van der Waals surface area contributed by atoms with Crippen LogP contribution in [-0.2, 0) is 5.60 Å². The van der Waals surface area contributed by atoms with Gasteiger partial charge in [0.15, 0.2) is 5.96 Å². The third-order valence-electron chi connectivity index (χ3n) is 4.83. The minimum Gasteiger partial charge on any atom is -0.466 e. The van der Waals surface area contributed by atoms with Gasteiger partial charge in [-0.3, -0.25) is 0 Å². The molecular weight excluding hydrogens is 498 g/mol. The summed E-state index contributed by atoms with van der Waals surface area (Å²) in [4.78, 5) is 6.59. The Bertz CT molecular complexity index is 836. The molecule has 0 aliphatic rings. The SMILES string of the molecule is CCNC(=NCC(C)(O)c1cc(C)oc1C)NCC(c1cccc(F)c1)N(C)C.I. The van der Waals surface area contributed by atoms with Gasteiger partial charge in [0.05, 0.1) is 12.6 Å². The normalized spacial score (nSPS) is 14.8. The fourth-order valence-corrected chi connectivity index (χ4v) is 3.33. The highest BCUT2D eigenvalue weighted by molar-refractivity contribution is 14.0. The Balaban J connectivity index is 0.00000450. The van der Waals surface area contributed by atoms with Crippen LogP contribution in [-0.4, -0.2) is 49.7 Å². The highest BCUT2D eigenvalue weighted by Crippen LogP contribution is 2.27. The van der Waals surface area contributed by atoms with E-state index in [-0.39, 0.29) is 42.4 Å². The second kappa shape index (κ2) is 11.7. The second-order valence-corrected chi connectivity index (χ2v) is 7.71. The van der Waals surface area contributed by atoms with E-state index in [1.165, 1.54) is 6.07 Å². The number of aryl methyl sites for hydroxylation is 2. The molecule has 2 aromatic rings. The molecule has 0 bridgehead atoms. The molecular formula is C22H34FIN4O2. The number of nitrogens with zero attached hydrogens (tertiary/aromatic N) is 2. The molecule has 0 aliphatic carbocycles. The van der Waals surface area contributed by atoms with Gasteiger partial charge in [-0.1, -0.05) is 12.1 Å². The van der Waals surface area contributed by atoms with Crippen molar-refractivity contribution in [1.29, 1.82) is 0 Å². The molecule has 0 saturated carbocycles. The summed E-state index contributed by atoms with van der Waals surface area (Å²) in [5.74, 6) is 1.79. The Morgan fingerprint density at radius 1 is 1.27 bits per heavy atom. The topological polar surface area (TPSA) is 73.0 Å². The van der Waals surface area contributed by atoms with Crippen LogP contribution in [0, 0.1) is 19.7 Å². The van der Waals surface area contributed by atoms with Gasteiger partial charge in [0, 0.05) is 18.7 Å². The van der Waals surface area contributed by atoms with E-state index in [1.807, 2.05) is 51.9 Å². The largest absolute Gasteiger partial charge is 0.466 e. The fraction of sp³-hybridized carbons (Fsp3) is 0.500. The summed E-state index contributed by atoms with van der Waals surface area (Å²) in [6, 6.07) is 8.43. The maximum absolute atomic E-state index is 13.6. The maximum atomic E-state index is 13.6. The molecule has 3 N–H and O–H groups in total. The summed E-state index contributed by atoms with van der Waals surface area (Å²) in [5.41, 5.74) is 0.476. The summed E-state index contributed by atoms with van der Waals surface area (Å²) in [6.45, 7) is 8.80. The fourth-order valence-electron chi connectivity index (χ4n) is 3.33. The zero-order valence-electron chi connectivity index (χ0n) is 18.6. The first-order valence-corrected chi connectivity index (χ1v) is 9.88. The zero-order valence-corrected chi connectivity index (χ0v) is 21.0. The van der Waals surface area contributed by atoms with Gasteiger partial charge in [0.2, 0.25) is 0 Å². The number of rotatable bonds is 8. The number of halogens is 2. The van der Waals surface area contributed by atoms with Gasteiger partial charge in [-0.2, -0.15) is 0 Å². The predicted molar refractivity (Wildman–Crippen MR) is 130 cm³/mol. The molecule has 0 aliphatic heterocycles. The van der Waals surface area contributed by atoms with E-state index >= 15 is 0 Å². The lowest BCUT2D eigenvalue weighted by Crippen LogP contribution is -2.42. The Hall–Kier alpha value is -1.65. The van der Waals surface area contributed by atoms with Crippen LogP contribution in [0.2, 0.25) is 0 Å². The minimum absolute atomic E-state index is 0. The number of furan rings is 1. The molecule has 0 radical (unpaired) electrons. The molecule has 2 rings (SSSR count). The number of hydrogen-bond donors (Lipinski definition) is 3. The Morgan fingerprint density at radius 2 is 1.97 bits per heavy atom. The van der Waals surface area contributed by atoms with Gasteiger partial charge in [-0.15, -0.1) is 24.0 Å². The molecule has 2 atom stereocenters. The van der Waals surface area contributed by atoms with Crippen molar-refractivity contribution in [3.63, 3.8) is 0 Å². The van der Waals surface area contributed by atoms with E-state index in [0.717, 1.165) is 16.9 Å². The molecule has 8 heteroatoms. The van der Waals surface area contributed by atoms with Crippen molar-refractivity contribution in [3.8, 4) is 0 Å². The van der Waals surface area contributed by atoms with Crippen molar-refractivity contribution in [2.24, 2.45) is 4.99 Å². The van der Waals surface area contributed by atoms with Gasteiger partial charge >= 0.3 is 0 Å². The van der Waals surface area contributed by atoms with Crippen molar-refractivity contribution in [2.45, 2.75) is 39.3 Å². The third-order valence-corrected chi connectivity index (χ3v) is 4.83. The Kier molecular flexibility index (Phi) is 10.3. The van der Waals surface area contributed by atoms with Crippen LogP contribution in [0.4, 0.5) is 4.39 Å². The molecule has 2 unspecified atom stereocenters. The van der Waals surface area contributed by atoms with Crippen LogP contribution in [0.25, 0.3) is 0 Å². The number of nitrogens with one attached hydrogen (secondary N) is 2. The quantitative estimate of drug-likeness (QED) is 0.275. The standard InChI is InChI=1S/C22H33FN4O2.HI/c1-7-24-21(26-14-22(4,28)19-11-15(2)29-16(19)3)25-13-20(27(5)6)17-9-8-10-18(23)12-17;/h8-12,20,28H,7,13-14H2,1-6H3,(H2,24,25,26);1H. The van der Waals surface area contributed by atoms with E-state index in [9.17, 15) is 9.50 Å². The lowest BCUT2D eigenvalue weighted by atomic mass is 9.96. The van der Waals surface area contributed by atoms with Gasteiger partial charge in [0.1, 0.15) is 22.9 Å². The Labute approximate surface area is 196 Å². The van der Waals surface area contributed by atoms with E-state index in [4.69, 9.17) is 4.42 Å². The van der Waals surface area contributed by atoms with Gasteiger partial charge in [-0.05, 0) is 65.6 Å². The average Bonchev–Trinajstić information content (AvgIpc) is 2.99. The molecule has 6 nitrogen and oxygen atoms in total. The van der Waals surface area contributed by atoms with Crippen LogP contribution in [0.1, 0.15) is 42.5 Å². The molecule has 1 aromatic carbocycles. The molecule has 0 spiro atoms. The lowest BCUT2D eigenvalue weighted by molar-refractivity contribution is 0.0657. The number of aliphatic imine (C=N–C) groups is 1.